The maximum atomic E-state index is 12.4. The van der Waals surface area contributed by atoms with Gasteiger partial charge >= 0.3 is 6.18 Å². The molecule has 8 heteroatoms. The van der Waals surface area contributed by atoms with E-state index in [2.05, 4.69) is 5.32 Å². The molecule has 23 heavy (non-hydrogen) atoms. The Morgan fingerprint density at radius 1 is 1.22 bits per heavy atom. The fourth-order valence-corrected chi connectivity index (χ4v) is 3.66. The second-order valence-electron chi connectivity index (χ2n) is 5.98. The maximum absolute atomic E-state index is 12.4. The van der Waals surface area contributed by atoms with Crippen molar-refractivity contribution in [2.75, 3.05) is 37.8 Å². The number of nitrogens with one attached hydrogen (secondary N) is 1. The second-order valence-corrected chi connectivity index (χ2v) is 7.97. The number of rotatable bonds is 5. The highest BCUT2D eigenvalue weighted by Crippen LogP contribution is 2.25. The highest BCUT2D eigenvalue weighted by atomic mass is 32.2. The minimum atomic E-state index is -4.15. The van der Waals surface area contributed by atoms with Crippen LogP contribution in [-0.4, -0.2) is 51.9 Å². The molecule has 1 fully saturated rings. The van der Waals surface area contributed by atoms with Gasteiger partial charge < -0.3 is 5.32 Å². The van der Waals surface area contributed by atoms with E-state index in [1.54, 1.807) is 24.3 Å². The monoisotopic (exact) mass is 350 g/mol. The van der Waals surface area contributed by atoms with Gasteiger partial charge in [0.1, 0.15) is 0 Å². The van der Waals surface area contributed by atoms with Gasteiger partial charge in [-0.15, -0.1) is 0 Å². The van der Waals surface area contributed by atoms with Gasteiger partial charge in [-0.2, -0.15) is 13.2 Å². The fourth-order valence-electron chi connectivity index (χ4n) is 2.79. The third-order valence-electron chi connectivity index (χ3n) is 3.98. The number of likely N-dealkylation sites (tertiary alicyclic amines) is 1. The van der Waals surface area contributed by atoms with Gasteiger partial charge in [-0.3, -0.25) is 4.90 Å². The normalized spacial score (nSPS) is 18.1. The standard InChI is InChI=1S/C15H21F3N2O2S/c1-23(21,22)14-5-3-2-4-13(14)19-10-12-6-8-20(9-7-12)11-15(16,17)18/h2-5,12,19H,6-11H2,1H3. The Kier molecular flexibility index (Phi) is 5.57. The van der Waals surface area contributed by atoms with Crippen LogP contribution in [0.3, 0.4) is 0 Å². The molecule has 0 bridgehead atoms. The Labute approximate surface area is 134 Å². The van der Waals surface area contributed by atoms with E-state index in [0.717, 1.165) is 6.26 Å². The Bertz CT molecular complexity index is 624. The van der Waals surface area contributed by atoms with Gasteiger partial charge in [-0.25, -0.2) is 8.42 Å². The Morgan fingerprint density at radius 2 is 1.83 bits per heavy atom. The van der Waals surface area contributed by atoms with E-state index in [1.807, 2.05) is 0 Å². The molecule has 1 aliphatic heterocycles. The smallest absolute Gasteiger partial charge is 0.384 e. The van der Waals surface area contributed by atoms with Crippen molar-refractivity contribution in [1.82, 2.24) is 4.90 Å². The molecule has 0 aliphatic carbocycles. The number of para-hydroxylation sites is 1. The molecule has 1 N–H and O–H groups in total. The topological polar surface area (TPSA) is 49.4 Å². The number of nitrogens with zero attached hydrogens (tertiary/aromatic N) is 1. The Balaban J connectivity index is 1.87. The van der Waals surface area contributed by atoms with Crippen LogP contribution >= 0.6 is 0 Å². The molecule has 1 aromatic rings. The van der Waals surface area contributed by atoms with E-state index in [-0.39, 0.29) is 10.8 Å². The summed E-state index contributed by atoms with van der Waals surface area (Å²) in [6, 6.07) is 6.67. The van der Waals surface area contributed by atoms with E-state index in [1.165, 1.54) is 4.90 Å². The van der Waals surface area contributed by atoms with Gasteiger partial charge in [0.25, 0.3) is 0 Å². The van der Waals surface area contributed by atoms with Crippen LogP contribution in [-0.2, 0) is 9.84 Å². The molecule has 0 saturated carbocycles. The number of sulfone groups is 1. The molecule has 1 saturated heterocycles. The van der Waals surface area contributed by atoms with Crippen LogP contribution in [0.25, 0.3) is 0 Å². The molecule has 0 aromatic heterocycles. The SMILES string of the molecule is CS(=O)(=O)c1ccccc1NCC1CCN(CC(F)(F)F)CC1. The van der Waals surface area contributed by atoms with Gasteiger partial charge in [-0.05, 0) is 44.0 Å². The van der Waals surface area contributed by atoms with E-state index < -0.39 is 22.6 Å². The summed E-state index contributed by atoms with van der Waals surface area (Å²) in [4.78, 5) is 1.66. The van der Waals surface area contributed by atoms with Crippen LogP contribution in [0.1, 0.15) is 12.8 Å². The molecule has 4 nitrogen and oxygen atoms in total. The largest absolute Gasteiger partial charge is 0.401 e. The molecule has 2 rings (SSSR count). The predicted molar refractivity (Wildman–Crippen MR) is 83.3 cm³/mol. The average Bonchev–Trinajstić information content (AvgIpc) is 2.44. The average molecular weight is 350 g/mol. The van der Waals surface area contributed by atoms with Crippen molar-refractivity contribution in [2.24, 2.45) is 5.92 Å². The van der Waals surface area contributed by atoms with Gasteiger partial charge in [0.05, 0.1) is 17.1 Å². The molecular weight excluding hydrogens is 329 g/mol. The highest BCUT2D eigenvalue weighted by molar-refractivity contribution is 7.90. The number of alkyl halides is 3. The molecule has 130 valence electrons. The summed E-state index contributed by atoms with van der Waals surface area (Å²) >= 11 is 0. The summed E-state index contributed by atoms with van der Waals surface area (Å²) in [6.45, 7) is 0.537. The van der Waals surface area contributed by atoms with E-state index >= 15 is 0 Å². The predicted octanol–water partition coefficient (Wildman–Crippen LogP) is 2.78. The molecule has 0 amide bonds. The number of anilines is 1. The third-order valence-corrected chi connectivity index (χ3v) is 5.13. The number of hydrogen-bond acceptors (Lipinski definition) is 4. The summed E-state index contributed by atoms with van der Waals surface area (Å²) in [5.41, 5.74) is 0.549. The molecule has 1 aliphatic rings. The first-order valence-electron chi connectivity index (χ1n) is 7.47. The number of benzene rings is 1. The van der Waals surface area contributed by atoms with Crippen molar-refractivity contribution in [1.29, 1.82) is 0 Å². The molecular formula is C15H21F3N2O2S. The molecule has 1 heterocycles. The summed E-state index contributed by atoms with van der Waals surface area (Å²) in [7, 11) is -3.31. The lowest BCUT2D eigenvalue weighted by atomic mass is 9.96. The van der Waals surface area contributed by atoms with Crippen LogP contribution in [0.2, 0.25) is 0 Å². The van der Waals surface area contributed by atoms with Crippen LogP contribution in [0.4, 0.5) is 18.9 Å². The first-order chi connectivity index (χ1) is 10.6. The van der Waals surface area contributed by atoms with Crippen molar-refractivity contribution in [2.45, 2.75) is 23.9 Å². The first kappa shape index (κ1) is 18.1. The number of hydrogen-bond donors (Lipinski definition) is 1. The highest BCUT2D eigenvalue weighted by Gasteiger charge is 2.32. The third kappa shape index (κ3) is 5.69. The summed E-state index contributed by atoms with van der Waals surface area (Å²) in [5, 5.41) is 3.13. The molecule has 0 atom stereocenters. The van der Waals surface area contributed by atoms with E-state index in [4.69, 9.17) is 0 Å². The van der Waals surface area contributed by atoms with E-state index in [9.17, 15) is 21.6 Å². The fraction of sp³-hybridized carbons (Fsp3) is 0.600. The summed E-state index contributed by atoms with van der Waals surface area (Å²) < 4.78 is 60.5. The lowest BCUT2D eigenvalue weighted by Gasteiger charge is -2.32. The number of halogens is 3. The van der Waals surface area contributed by atoms with Crippen LogP contribution in [0.15, 0.2) is 29.2 Å². The zero-order valence-electron chi connectivity index (χ0n) is 12.9. The zero-order chi connectivity index (χ0) is 17.1. The minimum absolute atomic E-state index is 0.243. The Hall–Kier alpha value is -1.28. The summed E-state index contributed by atoms with van der Waals surface area (Å²) in [6.07, 6.45) is -1.66. The van der Waals surface area contributed by atoms with Gasteiger partial charge in [0.2, 0.25) is 0 Å². The lowest BCUT2D eigenvalue weighted by molar-refractivity contribution is -0.148. The van der Waals surface area contributed by atoms with Crippen LogP contribution < -0.4 is 5.32 Å². The van der Waals surface area contributed by atoms with Crippen molar-refractivity contribution < 1.29 is 21.6 Å². The molecule has 0 unspecified atom stereocenters. The zero-order valence-corrected chi connectivity index (χ0v) is 13.8. The van der Waals surface area contributed by atoms with Crippen molar-refractivity contribution in [3.8, 4) is 0 Å². The molecule has 0 radical (unpaired) electrons. The molecule has 1 aromatic carbocycles. The van der Waals surface area contributed by atoms with Crippen LogP contribution in [0, 0.1) is 5.92 Å². The first-order valence-corrected chi connectivity index (χ1v) is 9.36. The van der Waals surface area contributed by atoms with E-state index in [0.29, 0.717) is 38.2 Å². The Morgan fingerprint density at radius 3 is 2.39 bits per heavy atom. The minimum Gasteiger partial charge on any atom is -0.384 e. The lowest BCUT2D eigenvalue weighted by Crippen LogP contribution is -2.41. The van der Waals surface area contributed by atoms with Gasteiger partial charge in [0.15, 0.2) is 9.84 Å². The van der Waals surface area contributed by atoms with Crippen molar-refractivity contribution in [3.63, 3.8) is 0 Å². The van der Waals surface area contributed by atoms with Crippen molar-refractivity contribution >= 4 is 15.5 Å². The van der Waals surface area contributed by atoms with Crippen LogP contribution in [0.5, 0.6) is 0 Å². The number of piperidine rings is 1. The second kappa shape index (κ2) is 7.09. The quantitative estimate of drug-likeness (QED) is 0.887. The van der Waals surface area contributed by atoms with Gasteiger partial charge in [0, 0.05) is 12.8 Å². The molecule has 0 spiro atoms. The maximum Gasteiger partial charge on any atom is 0.401 e. The van der Waals surface area contributed by atoms with Gasteiger partial charge in [-0.1, -0.05) is 12.1 Å². The van der Waals surface area contributed by atoms with Crippen molar-refractivity contribution in [3.05, 3.63) is 24.3 Å². The summed E-state index contributed by atoms with van der Waals surface area (Å²) in [5.74, 6) is 0.243.